The first-order chi connectivity index (χ1) is 13.4. The fourth-order valence-electron chi connectivity index (χ4n) is 3.51. The molecule has 1 heterocycles. The Balaban J connectivity index is 1.71. The lowest BCUT2D eigenvalue weighted by Gasteiger charge is -2.23. The zero-order valence-electron chi connectivity index (χ0n) is 16.9. The molecule has 0 aliphatic carbocycles. The number of ketones is 1. The van der Waals surface area contributed by atoms with Crippen LogP contribution in [0.2, 0.25) is 0 Å². The molecule has 2 aromatic carbocycles. The molecule has 0 unspecified atom stereocenters. The summed E-state index contributed by atoms with van der Waals surface area (Å²) in [7, 11) is 1.80. The smallest absolute Gasteiger partial charge is 0.238 e. The van der Waals surface area contributed by atoms with Gasteiger partial charge in [0.2, 0.25) is 5.91 Å². The fraction of sp³-hybridized carbons (Fsp3) is 0.304. The Hall–Kier alpha value is -2.92. The minimum absolute atomic E-state index is 0.0132. The topological polar surface area (TPSA) is 65.2 Å². The molecule has 1 amide bonds. The van der Waals surface area contributed by atoms with Gasteiger partial charge in [0, 0.05) is 27.8 Å². The average molecular weight is 377 g/mol. The van der Waals surface area contributed by atoms with Crippen LogP contribution in [0.15, 0.2) is 48.5 Å². The lowest BCUT2D eigenvalue weighted by atomic mass is 10.0. The normalized spacial score (nSPS) is 12.3. The molecule has 1 atom stereocenters. The molecule has 0 aliphatic heterocycles. The van der Waals surface area contributed by atoms with Gasteiger partial charge in [-0.1, -0.05) is 43.3 Å². The van der Waals surface area contributed by atoms with Gasteiger partial charge in [0.25, 0.3) is 0 Å². The highest BCUT2D eigenvalue weighted by Crippen LogP contribution is 2.24. The van der Waals surface area contributed by atoms with Crippen LogP contribution in [-0.4, -0.2) is 41.2 Å². The first-order valence-corrected chi connectivity index (χ1v) is 9.61. The van der Waals surface area contributed by atoms with E-state index in [1.54, 1.807) is 11.9 Å². The number of fused-ring (bicyclic) bond motifs is 1. The first-order valence-electron chi connectivity index (χ1n) is 9.61. The van der Waals surface area contributed by atoms with E-state index in [4.69, 9.17) is 0 Å². The van der Waals surface area contributed by atoms with Crippen LogP contribution in [0.3, 0.4) is 0 Å². The van der Waals surface area contributed by atoms with Gasteiger partial charge < -0.3 is 10.3 Å². The van der Waals surface area contributed by atoms with Gasteiger partial charge in [0.05, 0.1) is 12.6 Å². The Kier molecular flexibility index (Phi) is 5.95. The molecule has 1 aromatic heterocycles. The number of carbonyl (C=O) groups excluding carboxylic acids is 2. The van der Waals surface area contributed by atoms with Gasteiger partial charge in [-0.05, 0) is 45.0 Å². The van der Waals surface area contributed by atoms with Gasteiger partial charge in [-0.25, -0.2) is 0 Å². The number of nitrogens with zero attached hydrogens (tertiary/aromatic N) is 1. The second kappa shape index (κ2) is 8.40. The maximum Gasteiger partial charge on any atom is 0.238 e. The number of aryl methyl sites for hydroxylation is 2. The molecule has 0 saturated carbocycles. The molecule has 3 aromatic rings. The Morgan fingerprint density at radius 3 is 2.54 bits per heavy atom. The maximum absolute atomic E-state index is 13.1. The van der Waals surface area contributed by atoms with E-state index in [1.165, 1.54) is 0 Å². The maximum atomic E-state index is 13.1. The summed E-state index contributed by atoms with van der Waals surface area (Å²) in [5.74, 6) is -0.113. The van der Waals surface area contributed by atoms with Gasteiger partial charge >= 0.3 is 0 Å². The number of nitrogens with one attached hydrogen (secondary N) is 2. The van der Waals surface area contributed by atoms with Gasteiger partial charge in [-0.3, -0.25) is 14.5 Å². The van der Waals surface area contributed by atoms with Crippen molar-refractivity contribution in [2.24, 2.45) is 0 Å². The number of likely N-dealkylation sites (N-methyl/N-ethyl adjacent to an activating group) is 1. The predicted octanol–water partition coefficient (Wildman–Crippen LogP) is 4.18. The number of rotatable bonds is 7. The van der Waals surface area contributed by atoms with E-state index in [1.807, 2.05) is 62.4 Å². The highest BCUT2D eigenvalue weighted by molar-refractivity contribution is 6.11. The molecular formula is C23H27N3O2. The molecule has 3 rings (SSSR count). The third-order valence-electron chi connectivity index (χ3n) is 5.25. The number of hydrogen-bond acceptors (Lipinski definition) is 3. The summed E-state index contributed by atoms with van der Waals surface area (Å²) in [6, 6.07) is 15.2. The fourth-order valence-corrected chi connectivity index (χ4v) is 3.51. The number of amides is 1. The number of para-hydroxylation sites is 2. The van der Waals surface area contributed by atoms with E-state index in [-0.39, 0.29) is 18.2 Å². The second-order valence-corrected chi connectivity index (χ2v) is 7.18. The summed E-state index contributed by atoms with van der Waals surface area (Å²) in [6.07, 6.45) is 0.848. The Bertz CT molecular complexity index is 1010. The van der Waals surface area contributed by atoms with Crippen molar-refractivity contribution in [3.05, 3.63) is 65.4 Å². The number of hydrogen-bond donors (Lipinski definition) is 2. The van der Waals surface area contributed by atoms with E-state index in [2.05, 4.69) is 17.2 Å². The molecule has 5 heteroatoms. The van der Waals surface area contributed by atoms with Crippen molar-refractivity contribution in [3.63, 3.8) is 0 Å². The Morgan fingerprint density at radius 2 is 1.79 bits per heavy atom. The van der Waals surface area contributed by atoms with Gasteiger partial charge in [-0.2, -0.15) is 0 Å². The summed E-state index contributed by atoms with van der Waals surface area (Å²) in [6.45, 7) is 5.96. The van der Waals surface area contributed by atoms with Crippen LogP contribution in [-0.2, 0) is 11.2 Å². The molecule has 28 heavy (non-hydrogen) atoms. The largest absolute Gasteiger partial charge is 0.358 e. The molecule has 0 spiro atoms. The van der Waals surface area contributed by atoms with Crippen LogP contribution in [0, 0.1) is 6.92 Å². The second-order valence-electron chi connectivity index (χ2n) is 7.18. The summed E-state index contributed by atoms with van der Waals surface area (Å²) in [5, 5.41) is 3.89. The zero-order chi connectivity index (χ0) is 20.3. The third kappa shape index (κ3) is 3.99. The Morgan fingerprint density at radius 1 is 1.11 bits per heavy atom. The average Bonchev–Trinajstić information content (AvgIpc) is 3.02. The van der Waals surface area contributed by atoms with Gasteiger partial charge in [0.15, 0.2) is 5.78 Å². The predicted molar refractivity (Wildman–Crippen MR) is 114 cm³/mol. The zero-order valence-corrected chi connectivity index (χ0v) is 16.9. The van der Waals surface area contributed by atoms with E-state index in [0.717, 1.165) is 34.3 Å². The van der Waals surface area contributed by atoms with Gasteiger partial charge in [0.1, 0.15) is 0 Å². The van der Waals surface area contributed by atoms with Crippen molar-refractivity contribution in [2.75, 3.05) is 18.9 Å². The van der Waals surface area contributed by atoms with Crippen LogP contribution >= 0.6 is 0 Å². The number of H-pyrrole nitrogens is 1. The summed E-state index contributed by atoms with van der Waals surface area (Å²) >= 11 is 0. The van der Waals surface area contributed by atoms with E-state index in [0.29, 0.717) is 5.56 Å². The standard InChI is InChI=1S/C23H27N3O2/c1-5-17-10-6-8-12-19(17)25-21(27)14-26(4)16(3)23(28)22-15(2)24-20-13-9-7-11-18(20)22/h6-13,16,24H,5,14H2,1-4H3,(H,25,27)/t16-/m1/s1. The summed E-state index contributed by atoms with van der Waals surface area (Å²) in [4.78, 5) is 30.7. The molecule has 2 N–H and O–H groups in total. The summed E-state index contributed by atoms with van der Waals surface area (Å²) in [5.41, 5.74) is 4.43. The number of Topliss-reactive ketones (excluding diaryl/α,β-unsaturated/α-hetero) is 1. The highest BCUT2D eigenvalue weighted by Gasteiger charge is 2.25. The van der Waals surface area contributed by atoms with Crippen molar-refractivity contribution in [1.82, 2.24) is 9.88 Å². The molecular weight excluding hydrogens is 350 g/mol. The SMILES string of the molecule is CCc1ccccc1NC(=O)CN(C)[C@H](C)C(=O)c1c(C)[nH]c2ccccc12. The lowest BCUT2D eigenvalue weighted by Crippen LogP contribution is -2.41. The van der Waals surface area contributed by atoms with Crippen LogP contribution in [0.4, 0.5) is 5.69 Å². The van der Waals surface area contributed by atoms with Crippen molar-refractivity contribution < 1.29 is 9.59 Å². The molecule has 0 aliphatic rings. The quantitative estimate of drug-likeness (QED) is 0.607. The third-order valence-corrected chi connectivity index (χ3v) is 5.25. The molecule has 0 fully saturated rings. The highest BCUT2D eigenvalue weighted by atomic mass is 16.2. The van der Waals surface area contributed by atoms with Crippen LogP contribution in [0.5, 0.6) is 0 Å². The minimum atomic E-state index is -0.412. The van der Waals surface area contributed by atoms with Crippen molar-refractivity contribution in [2.45, 2.75) is 33.2 Å². The van der Waals surface area contributed by atoms with Gasteiger partial charge in [-0.15, -0.1) is 0 Å². The van der Waals surface area contributed by atoms with Crippen LogP contribution in [0.1, 0.15) is 35.5 Å². The van der Waals surface area contributed by atoms with E-state index in [9.17, 15) is 9.59 Å². The van der Waals surface area contributed by atoms with Crippen molar-refractivity contribution in [1.29, 1.82) is 0 Å². The molecule has 0 bridgehead atoms. The van der Waals surface area contributed by atoms with Crippen LogP contribution in [0.25, 0.3) is 10.9 Å². The molecule has 0 saturated heterocycles. The van der Waals surface area contributed by atoms with E-state index < -0.39 is 6.04 Å². The molecule has 5 nitrogen and oxygen atoms in total. The molecule has 146 valence electrons. The van der Waals surface area contributed by atoms with Crippen molar-refractivity contribution in [3.8, 4) is 0 Å². The van der Waals surface area contributed by atoms with E-state index >= 15 is 0 Å². The van der Waals surface area contributed by atoms with Crippen molar-refractivity contribution >= 4 is 28.3 Å². The minimum Gasteiger partial charge on any atom is -0.358 e. The number of aromatic nitrogens is 1. The van der Waals surface area contributed by atoms with Crippen LogP contribution < -0.4 is 5.32 Å². The lowest BCUT2D eigenvalue weighted by molar-refractivity contribution is -0.117. The Labute approximate surface area is 165 Å². The number of anilines is 1. The number of carbonyl (C=O) groups is 2. The molecule has 0 radical (unpaired) electrons. The number of aromatic amines is 1. The first kappa shape index (κ1) is 19.8. The number of benzene rings is 2. The summed E-state index contributed by atoms with van der Waals surface area (Å²) < 4.78 is 0. The monoisotopic (exact) mass is 377 g/mol.